The van der Waals surface area contributed by atoms with Crippen molar-refractivity contribution in [1.82, 2.24) is 10.2 Å². The van der Waals surface area contributed by atoms with Gasteiger partial charge in [-0.05, 0) is 62.1 Å². The fraction of sp³-hybridized carbons (Fsp3) is 0.667. The molecule has 1 atom stereocenters. The Morgan fingerprint density at radius 2 is 2.04 bits per heavy atom. The molecule has 1 amide bonds. The fourth-order valence-electron chi connectivity index (χ4n) is 4.35. The highest BCUT2D eigenvalue weighted by atomic mass is 16.5. The first-order valence-corrected chi connectivity index (χ1v) is 9.91. The predicted molar refractivity (Wildman–Crippen MR) is 98.5 cm³/mol. The lowest BCUT2D eigenvalue weighted by Crippen LogP contribution is -2.43. The molecule has 0 radical (unpaired) electrons. The van der Waals surface area contributed by atoms with Crippen LogP contribution in [0.25, 0.3) is 0 Å². The van der Waals surface area contributed by atoms with Crippen LogP contribution in [0.3, 0.4) is 0 Å². The lowest BCUT2D eigenvalue weighted by Gasteiger charge is -2.36. The summed E-state index contributed by atoms with van der Waals surface area (Å²) < 4.78 is 5.63. The number of rotatable bonds is 4. The third-order valence-electron chi connectivity index (χ3n) is 6.35. The summed E-state index contributed by atoms with van der Waals surface area (Å²) in [5, 5.41) is 3.07. The monoisotopic (exact) mass is 342 g/mol. The Balaban J connectivity index is 1.36. The number of ether oxygens (including phenoxy) is 1. The van der Waals surface area contributed by atoms with Crippen LogP contribution < -0.4 is 5.32 Å². The van der Waals surface area contributed by atoms with Crippen molar-refractivity contribution >= 4 is 5.91 Å². The van der Waals surface area contributed by atoms with Gasteiger partial charge < -0.3 is 10.1 Å². The molecule has 1 aliphatic carbocycles. The van der Waals surface area contributed by atoms with E-state index in [1.54, 1.807) is 0 Å². The van der Waals surface area contributed by atoms with Gasteiger partial charge in [0, 0.05) is 32.3 Å². The van der Waals surface area contributed by atoms with Gasteiger partial charge in [0.15, 0.2) is 0 Å². The zero-order chi connectivity index (χ0) is 17.3. The van der Waals surface area contributed by atoms with E-state index in [9.17, 15) is 4.79 Å². The van der Waals surface area contributed by atoms with Crippen molar-refractivity contribution in [1.29, 1.82) is 0 Å². The minimum Gasteiger partial charge on any atom is -0.365 e. The molecule has 4 nitrogen and oxygen atoms in total. The number of carbonyl (C=O) groups excluding carboxylic acids is 1. The molecule has 1 saturated heterocycles. The second-order valence-corrected chi connectivity index (χ2v) is 8.09. The van der Waals surface area contributed by atoms with Crippen molar-refractivity contribution < 1.29 is 9.53 Å². The fourth-order valence-corrected chi connectivity index (χ4v) is 4.35. The third kappa shape index (κ3) is 3.61. The van der Waals surface area contributed by atoms with Crippen molar-refractivity contribution in [3.63, 3.8) is 0 Å². The normalized spacial score (nSPS) is 27.4. The van der Waals surface area contributed by atoms with Crippen LogP contribution in [0, 0.1) is 0 Å². The van der Waals surface area contributed by atoms with E-state index < -0.39 is 5.60 Å². The number of hydrogen-bond donors (Lipinski definition) is 1. The van der Waals surface area contributed by atoms with Crippen LogP contribution in [0.5, 0.6) is 0 Å². The third-order valence-corrected chi connectivity index (χ3v) is 6.35. The molecule has 2 fully saturated rings. The van der Waals surface area contributed by atoms with E-state index >= 15 is 0 Å². The highest BCUT2D eigenvalue weighted by molar-refractivity contribution is 5.84. The van der Waals surface area contributed by atoms with Crippen LogP contribution in [0.1, 0.15) is 55.7 Å². The van der Waals surface area contributed by atoms with Gasteiger partial charge in [-0.15, -0.1) is 0 Å². The van der Waals surface area contributed by atoms with Crippen LogP contribution in [0.15, 0.2) is 18.2 Å². The molecule has 1 aromatic carbocycles. The number of fused-ring (bicyclic) bond motifs is 1. The Kier molecular flexibility index (Phi) is 4.83. The van der Waals surface area contributed by atoms with Gasteiger partial charge in [0.2, 0.25) is 0 Å². The van der Waals surface area contributed by atoms with Crippen molar-refractivity contribution in [2.75, 3.05) is 19.7 Å². The van der Waals surface area contributed by atoms with Crippen molar-refractivity contribution in [2.24, 2.45) is 0 Å². The van der Waals surface area contributed by atoms with E-state index in [1.807, 2.05) is 6.92 Å². The van der Waals surface area contributed by atoms with Gasteiger partial charge in [0.1, 0.15) is 5.60 Å². The molecule has 2 heterocycles. The van der Waals surface area contributed by atoms with Crippen molar-refractivity contribution in [3.8, 4) is 0 Å². The van der Waals surface area contributed by atoms with E-state index in [-0.39, 0.29) is 5.91 Å². The van der Waals surface area contributed by atoms with Gasteiger partial charge in [-0.1, -0.05) is 24.6 Å². The maximum atomic E-state index is 12.4. The molecule has 2 aliphatic heterocycles. The molecule has 4 rings (SSSR count). The molecular weight excluding hydrogens is 312 g/mol. The molecule has 0 aromatic heterocycles. The summed E-state index contributed by atoms with van der Waals surface area (Å²) in [6, 6.07) is 7.59. The number of benzene rings is 1. The summed E-state index contributed by atoms with van der Waals surface area (Å²) in [6.07, 6.45) is 8.25. The zero-order valence-corrected chi connectivity index (χ0v) is 15.4. The van der Waals surface area contributed by atoms with E-state index in [2.05, 4.69) is 28.4 Å². The topological polar surface area (TPSA) is 41.6 Å². The molecule has 1 aromatic rings. The summed E-state index contributed by atoms with van der Waals surface area (Å²) in [5.41, 5.74) is 3.53. The number of nitrogens with one attached hydrogen (secondary N) is 1. The van der Waals surface area contributed by atoms with Gasteiger partial charge in [0.05, 0.1) is 0 Å². The molecule has 0 bridgehead atoms. The Bertz CT molecular complexity index is 633. The Labute approximate surface area is 150 Å². The van der Waals surface area contributed by atoms with Gasteiger partial charge in [-0.3, -0.25) is 9.69 Å². The number of carbonyl (C=O) groups is 1. The van der Waals surface area contributed by atoms with Crippen molar-refractivity contribution in [2.45, 2.75) is 70.1 Å². The number of nitrogens with zero attached hydrogens (tertiary/aromatic N) is 1. The van der Waals surface area contributed by atoms with Crippen LogP contribution in [-0.4, -0.2) is 42.1 Å². The number of hydrogen-bond acceptors (Lipinski definition) is 3. The minimum atomic E-state index is -0.630. The number of amides is 1. The van der Waals surface area contributed by atoms with E-state index in [0.29, 0.717) is 13.2 Å². The van der Waals surface area contributed by atoms with Gasteiger partial charge in [-0.2, -0.15) is 0 Å². The minimum absolute atomic E-state index is 0.0242. The summed E-state index contributed by atoms with van der Waals surface area (Å²) in [6.45, 7) is 5.57. The van der Waals surface area contributed by atoms with E-state index in [0.717, 1.165) is 31.7 Å². The maximum absolute atomic E-state index is 12.4. The lowest BCUT2D eigenvalue weighted by molar-refractivity contribution is -0.139. The Morgan fingerprint density at radius 1 is 1.24 bits per heavy atom. The first kappa shape index (κ1) is 17.0. The van der Waals surface area contributed by atoms with Gasteiger partial charge in [-0.25, -0.2) is 0 Å². The highest BCUT2D eigenvalue weighted by Gasteiger charge is 2.37. The molecule has 1 N–H and O–H groups in total. The molecule has 0 spiro atoms. The molecule has 136 valence electrons. The molecule has 1 saturated carbocycles. The van der Waals surface area contributed by atoms with Crippen molar-refractivity contribution in [3.05, 3.63) is 34.9 Å². The summed E-state index contributed by atoms with van der Waals surface area (Å²) in [7, 11) is 0. The second-order valence-electron chi connectivity index (χ2n) is 8.09. The Morgan fingerprint density at radius 3 is 2.72 bits per heavy atom. The Hall–Kier alpha value is -1.39. The average molecular weight is 342 g/mol. The molecule has 4 heteroatoms. The molecule has 25 heavy (non-hydrogen) atoms. The lowest BCUT2D eigenvalue weighted by atomic mass is 9.91. The SMILES string of the molecule is CC1(C(=O)NCc2ccc3c(c2)CCN(C2CCC2)CC3)CCCO1. The van der Waals surface area contributed by atoms with Crippen LogP contribution >= 0.6 is 0 Å². The van der Waals surface area contributed by atoms with Gasteiger partial charge >= 0.3 is 0 Å². The van der Waals surface area contributed by atoms with Gasteiger partial charge in [0.25, 0.3) is 5.91 Å². The predicted octanol–water partition coefficient (Wildman–Crippen LogP) is 2.83. The summed E-state index contributed by atoms with van der Waals surface area (Å²) in [5.74, 6) is 0.0242. The summed E-state index contributed by atoms with van der Waals surface area (Å²) >= 11 is 0. The molecule has 3 aliphatic rings. The summed E-state index contributed by atoms with van der Waals surface area (Å²) in [4.78, 5) is 15.1. The maximum Gasteiger partial charge on any atom is 0.252 e. The highest BCUT2D eigenvalue weighted by Crippen LogP contribution is 2.28. The van der Waals surface area contributed by atoms with E-state index in [4.69, 9.17) is 4.74 Å². The van der Waals surface area contributed by atoms with E-state index in [1.165, 1.54) is 49.0 Å². The molecular formula is C21H30N2O2. The average Bonchev–Trinajstić information content (AvgIpc) is 2.92. The largest absolute Gasteiger partial charge is 0.365 e. The molecule has 1 unspecified atom stereocenters. The van der Waals surface area contributed by atoms with Crippen LogP contribution in [0.2, 0.25) is 0 Å². The first-order valence-electron chi connectivity index (χ1n) is 9.91. The second kappa shape index (κ2) is 7.08. The van der Waals surface area contributed by atoms with Crippen LogP contribution in [0.4, 0.5) is 0 Å². The zero-order valence-electron chi connectivity index (χ0n) is 15.4. The smallest absolute Gasteiger partial charge is 0.252 e. The first-order chi connectivity index (χ1) is 12.1. The van der Waals surface area contributed by atoms with Crippen LogP contribution in [-0.2, 0) is 28.9 Å². The quantitative estimate of drug-likeness (QED) is 0.915. The standard InChI is InChI=1S/C21H30N2O2/c1-21(10-3-13-25-21)20(24)22-15-16-6-7-17-8-11-23(19-4-2-5-19)12-9-18(17)14-16/h6-7,14,19H,2-5,8-13,15H2,1H3,(H,22,24).